The van der Waals surface area contributed by atoms with E-state index in [4.69, 9.17) is 4.99 Å². The number of aliphatic imine (C=N–C) groups is 1. The number of nitrogens with zero attached hydrogens (tertiary/aromatic N) is 2. The zero-order valence-electron chi connectivity index (χ0n) is 14.7. The molecule has 1 rings (SSSR count). The van der Waals surface area contributed by atoms with Gasteiger partial charge in [-0.2, -0.15) is 11.8 Å². The van der Waals surface area contributed by atoms with Crippen molar-refractivity contribution in [3.8, 4) is 0 Å². The molecule has 2 unspecified atom stereocenters. The van der Waals surface area contributed by atoms with E-state index in [1.54, 1.807) is 0 Å². The fraction of sp³-hybridized carbons (Fsp3) is 0.938. The molecule has 132 valence electrons. The van der Waals surface area contributed by atoms with Crippen LogP contribution in [0.4, 0.5) is 0 Å². The third-order valence-corrected chi connectivity index (χ3v) is 5.14. The van der Waals surface area contributed by atoms with Crippen molar-refractivity contribution in [3.05, 3.63) is 0 Å². The molecule has 22 heavy (non-hydrogen) atoms. The Balaban J connectivity index is 0.00000441. The van der Waals surface area contributed by atoms with Gasteiger partial charge in [-0.3, -0.25) is 4.99 Å². The Morgan fingerprint density at radius 3 is 2.64 bits per heavy atom. The largest absolute Gasteiger partial charge is 0.357 e. The van der Waals surface area contributed by atoms with Crippen molar-refractivity contribution in [1.82, 2.24) is 15.5 Å². The zero-order chi connectivity index (χ0) is 15.5. The highest BCUT2D eigenvalue weighted by Crippen LogP contribution is 2.27. The van der Waals surface area contributed by atoms with E-state index in [2.05, 4.69) is 42.7 Å². The molecule has 6 heteroatoms. The number of rotatable bonds is 9. The smallest absolute Gasteiger partial charge is 0.191 e. The van der Waals surface area contributed by atoms with Crippen molar-refractivity contribution in [2.24, 2.45) is 4.99 Å². The first-order valence-electron chi connectivity index (χ1n) is 8.45. The predicted molar refractivity (Wildman–Crippen MR) is 112 cm³/mol. The molecule has 0 heterocycles. The van der Waals surface area contributed by atoms with E-state index in [1.165, 1.54) is 38.6 Å². The minimum Gasteiger partial charge on any atom is -0.357 e. The second-order valence-corrected chi connectivity index (χ2v) is 7.07. The van der Waals surface area contributed by atoms with Crippen LogP contribution in [0.1, 0.15) is 46.0 Å². The molecule has 0 aromatic heterocycles. The van der Waals surface area contributed by atoms with Gasteiger partial charge in [-0.1, -0.05) is 13.3 Å². The van der Waals surface area contributed by atoms with Gasteiger partial charge in [-0.15, -0.1) is 24.0 Å². The number of guanidine groups is 1. The number of hydrogen-bond acceptors (Lipinski definition) is 3. The summed E-state index contributed by atoms with van der Waals surface area (Å²) in [6.45, 7) is 8.37. The quantitative estimate of drug-likeness (QED) is 0.327. The van der Waals surface area contributed by atoms with E-state index >= 15 is 0 Å². The van der Waals surface area contributed by atoms with Crippen molar-refractivity contribution in [1.29, 1.82) is 0 Å². The van der Waals surface area contributed by atoms with Crippen LogP contribution in [0.25, 0.3) is 0 Å². The number of thioether (sulfide) groups is 1. The number of hydrogen-bond donors (Lipinski definition) is 2. The molecule has 0 amide bonds. The van der Waals surface area contributed by atoms with Crippen LogP contribution in [0.2, 0.25) is 0 Å². The van der Waals surface area contributed by atoms with Crippen LogP contribution < -0.4 is 10.6 Å². The molecule has 0 spiro atoms. The Kier molecular flexibility index (Phi) is 13.9. The van der Waals surface area contributed by atoms with Gasteiger partial charge in [-0.05, 0) is 52.5 Å². The first-order chi connectivity index (χ1) is 10.2. The first-order valence-corrected chi connectivity index (χ1v) is 9.74. The monoisotopic (exact) mass is 442 g/mol. The molecule has 0 aromatic carbocycles. The summed E-state index contributed by atoms with van der Waals surface area (Å²) in [6, 6.07) is 0.595. The summed E-state index contributed by atoms with van der Waals surface area (Å²) in [5.74, 6) is 0.994. The highest BCUT2D eigenvalue weighted by Gasteiger charge is 2.24. The minimum absolute atomic E-state index is 0. The van der Waals surface area contributed by atoms with Crippen molar-refractivity contribution >= 4 is 41.7 Å². The zero-order valence-corrected chi connectivity index (χ0v) is 17.9. The van der Waals surface area contributed by atoms with Crippen molar-refractivity contribution in [2.75, 3.05) is 39.5 Å². The molecule has 1 aliphatic carbocycles. The number of likely N-dealkylation sites (N-methyl/N-ethyl adjacent to an activating group) is 1. The Labute approximate surface area is 158 Å². The highest BCUT2D eigenvalue weighted by atomic mass is 127. The van der Waals surface area contributed by atoms with E-state index in [1.807, 2.05) is 11.8 Å². The molecule has 1 aliphatic rings. The average molecular weight is 442 g/mol. The predicted octanol–water partition coefficient (Wildman–Crippen LogP) is 3.18. The fourth-order valence-corrected chi connectivity index (χ4v) is 3.47. The molecule has 0 saturated heterocycles. The first kappa shape index (κ1) is 22.3. The fourth-order valence-electron chi connectivity index (χ4n) is 2.67. The van der Waals surface area contributed by atoms with Crippen LogP contribution in [0.15, 0.2) is 4.99 Å². The summed E-state index contributed by atoms with van der Waals surface area (Å²) < 4.78 is 0. The lowest BCUT2D eigenvalue weighted by atomic mass is 10.2. The standard InChI is InChI=1S/C16H34N4S.HI/c1-5-7-11-20(3)12-10-18-16(17-6-2)19-14-8-9-15(13-14)21-4;/h14-15H,5-13H2,1-4H3,(H2,17,18,19);1H. The van der Waals surface area contributed by atoms with E-state index in [0.29, 0.717) is 6.04 Å². The molecule has 0 aromatic rings. The second kappa shape index (κ2) is 13.7. The topological polar surface area (TPSA) is 39.7 Å². The van der Waals surface area contributed by atoms with Crippen molar-refractivity contribution in [3.63, 3.8) is 0 Å². The van der Waals surface area contributed by atoms with Gasteiger partial charge in [0.15, 0.2) is 5.96 Å². The van der Waals surface area contributed by atoms with Gasteiger partial charge in [0.05, 0.1) is 6.54 Å². The van der Waals surface area contributed by atoms with Crippen molar-refractivity contribution < 1.29 is 0 Å². The van der Waals surface area contributed by atoms with Crippen LogP contribution in [0.5, 0.6) is 0 Å². The summed E-state index contributed by atoms with van der Waals surface area (Å²) in [5.41, 5.74) is 0. The summed E-state index contributed by atoms with van der Waals surface area (Å²) >= 11 is 2.00. The normalized spacial score (nSPS) is 21.8. The molecule has 4 nitrogen and oxygen atoms in total. The molecule has 2 N–H and O–H groups in total. The molecule has 1 saturated carbocycles. The van der Waals surface area contributed by atoms with Gasteiger partial charge >= 0.3 is 0 Å². The molecule has 2 atom stereocenters. The van der Waals surface area contributed by atoms with Gasteiger partial charge in [0.1, 0.15) is 0 Å². The number of unbranched alkanes of at least 4 members (excludes halogenated alkanes) is 1. The Morgan fingerprint density at radius 2 is 2.05 bits per heavy atom. The van der Waals surface area contributed by atoms with Crippen LogP contribution in [-0.4, -0.2) is 61.6 Å². The Hall–Kier alpha value is 0.310. The lowest BCUT2D eigenvalue weighted by Crippen LogP contribution is -2.43. The maximum atomic E-state index is 4.72. The van der Waals surface area contributed by atoms with Crippen molar-refractivity contribution in [2.45, 2.75) is 57.2 Å². The minimum atomic E-state index is 0. The summed E-state index contributed by atoms with van der Waals surface area (Å²) in [4.78, 5) is 7.09. The van der Waals surface area contributed by atoms with Gasteiger partial charge in [-0.25, -0.2) is 0 Å². The third kappa shape index (κ3) is 9.45. The van der Waals surface area contributed by atoms with Gasteiger partial charge in [0, 0.05) is 24.4 Å². The van der Waals surface area contributed by atoms with Gasteiger partial charge < -0.3 is 15.5 Å². The maximum absolute atomic E-state index is 4.72. The van der Waals surface area contributed by atoms with Gasteiger partial charge in [0.2, 0.25) is 0 Å². The van der Waals surface area contributed by atoms with Crippen LogP contribution in [-0.2, 0) is 0 Å². The highest BCUT2D eigenvalue weighted by molar-refractivity contribution is 14.0. The maximum Gasteiger partial charge on any atom is 0.191 e. The molecule has 0 radical (unpaired) electrons. The number of nitrogens with one attached hydrogen (secondary N) is 2. The van der Waals surface area contributed by atoms with E-state index < -0.39 is 0 Å². The summed E-state index contributed by atoms with van der Waals surface area (Å²) in [6.07, 6.45) is 8.62. The lowest BCUT2D eigenvalue weighted by molar-refractivity contribution is 0.337. The molecule has 0 bridgehead atoms. The lowest BCUT2D eigenvalue weighted by Gasteiger charge is -2.18. The van der Waals surface area contributed by atoms with Crippen LogP contribution >= 0.6 is 35.7 Å². The van der Waals surface area contributed by atoms with E-state index in [-0.39, 0.29) is 24.0 Å². The molecule has 0 aliphatic heterocycles. The van der Waals surface area contributed by atoms with Crippen LogP contribution in [0.3, 0.4) is 0 Å². The van der Waals surface area contributed by atoms with Gasteiger partial charge in [0.25, 0.3) is 0 Å². The summed E-state index contributed by atoms with van der Waals surface area (Å²) in [7, 11) is 2.19. The summed E-state index contributed by atoms with van der Waals surface area (Å²) in [5, 5.41) is 7.80. The average Bonchev–Trinajstić information content (AvgIpc) is 2.93. The number of halogens is 1. The molecule has 1 fully saturated rings. The Bertz CT molecular complexity index is 302. The SMILES string of the molecule is CCCCN(C)CCN=C(NCC)NC1CCC(SC)C1.I. The third-order valence-electron chi connectivity index (χ3n) is 4.05. The van der Waals surface area contributed by atoms with Crippen LogP contribution in [0, 0.1) is 0 Å². The van der Waals surface area contributed by atoms with E-state index in [9.17, 15) is 0 Å². The molecular weight excluding hydrogens is 407 g/mol. The Morgan fingerprint density at radius 1 is 1.27 bits per heavy atom. The second-order valence-electron chi connectivity index (χ2n) is 5.93. The van der Waals surface area contributed by atoms with E-state index in [0.717, 1.165) is 30.8 Å². The molecular formula is C16H35IN4S.